The lowest BCUT2D eigenvalue weighted by Gasteiger charge is -2.08. The SMILES string of the molecule is COc1ccc(NC(=O)NC(=O)CSc2ccc3ccccc3c2)cc1. The molecule has 3 amide bonds. The third kappa shape index (κ3) is 4.77. The number of urea groups is 1. The first-order valence-corrected chi connectivity index (χ1v) is 8.99. The Labute approximate surface area is 155 Å². The van der Waals surface area contributed by atoms with Gasteiger partial charge in [-0.2, -0.15) is 0 Å². The summed E-state index contributed by atoms with van der Waals surface area (Å²) in [6.45, 7) is 0. The number of hydrogen-bond acceptors (Lipinski definition) is 4. The van der Waals surface area contributed by atoms with Crippen molar-refractivity contribution in [1.82, 2.24) is 5.32 Å². The molecule has 0 atom stereocenters. The van der Waals surface area contributed by atoms with Gasteiger partial charge in [0.1, 0.15) is 5.75 Å². The van der Waals surface area contributed by atoms with Crippen molar-refractivity contribution >= 4 is 40.2 Å². The molecule has 0 radical (unpaired) electrons. The summed E-state index contributed by atoms with van der Waals surface area (Å²) in [5.41, 5.74) is 0.582. The van der Waals surface area contributed by atoms with Gasteiger partial charge in [0, 0.05) is 10.6 Å². The van der Waals surface area contributed by atoms with Crippen LogP contribution in [0.5, 0.6) is 5.75 Å². The highest BCUT2D eigenvalue weighted by Gasteiger charge is 2.09. The molecule has 26 heavy (non-hydrogen) atoms. The molecule has 3 aromatic rings. The molecule has 2 N–H and O–H groups in total. The van der Waals surface area contributed by atoms with Crippen molar-refractivity contribution in [3.8, 4) is 5.75 Å². The van der Waals surface area contributed by atoms with Crippen molar-refractivity contribution in [3.63, 3.8) is 0 Å². The minimum atomic E-state index is -0.556. The Morgan fingerprint density at radius 1 is 0.962 bits per heavy atom. The van der Waals surface area contributed by atoms with Crippen LogP contribution in [0.4, 0.5) is 10.5 Å². The van der Waals surface area contributed by atoms with Crippen LogP contribution in [0, 0.1) is 0 Å². The molecule has 0 fully saturated rings. The molecule has 0 aliphatic carbocycles. The van der Waals surface area contributed by atoms with Crippen LogP contribution in [0.3, 0.4) is 0 Å². The van der Waals surface area contributed by atoms with Crippen LogP contribution in [0.2, 0.25) is 0 Å². The van der Waals surface area contributed by atoms with E-state index < -0.39 is 6.03 Å². The number of hydrogen-bond donors (Lipinski definition) is 2. The molecular formula is C20H18N2O3S. The number of benzene rings is 3. The minimum absolute atomic E-state index is 0.161. The molecule has 0 aliphatic rings. The van der Waals surface area contributed by atoms with Crippen LogP contribution in [-0.4, -0.2) is 24.8 Å². The monoisotopic (exact) mass is 366 g/mol. The topological polar surface area (TPSA) is 67.4 Å². The number of carbonyl (C=O) groups is 2. The summed E-state index contributed by atoms with van der Waals surface area (Å²) in [5.74, 6) is 0.502. The molecule has 3 rings (SSSR count). The molecule has 0 spiro atoms. The fraction of sp³-hybridized carbons (Fsp3) is 0.100. The van der Waals surface area contributed by atoms with E-state index in [-0.39, 0.29) is 11.7 Å². The number of thioether (sulfide) groups is 1. The predicted octanol–water partition coefficient (Wildman–Crippen LogP) is 4.29. The molecule has 132 valence electrons. The van der Waals surface area contributed by atoms with Crippen molar-refractivity contribution < 1.29 is 14.3 Å². The summed E-state index contributed by atoms with van der Waals surface area (Å²) in [6.07, 6.45) is 0. The molecule has 0 heterocycles. The van der Waals surface area contributed by atoms with Crippen LogP contribution in [0.1, 0.15) is 0 Å². The first-order valence-electron chi connectivity index (χ1n) is 8.00. The zero-order valence-electron chi connectivity index (χ0n) is 14.2. The molecule has 3 aromatic carbocycles. The van der Waals surface area contributed by atoms with Crippen LogP contribution in [0.25, 0.3) is 10.8 Å². The number of methoxy groups -OCH3 is 1. The number of rotatable bonds is 5. The first kappa shape index (κ1) is 17.8. The van der Waals surface area contributed by atoms with E-state index >= 15 is 0 Å². The van der Waals surface area contributed by atoms with Crippen LogP contribution >= 0.6 is 11.8 Å². The van der Waals surface area contributed by atoms with Gasteiger partial charge in [-0.15, -0.1) is 11.8 Å². The van der Waals surface area contributed by atoms with Crippen molar-refractivity contribution in [2.24, 2.45) is 0 Å². The van der Waals surface area contributed by atoms with Gasteiger partial charge in [-0.1, -0.05) is 30.3 Å². The second-order valence-corrected chi connectivity index (χ2v) is 6.58. The Morgan fingerprint density at radius 3 is 2.42 bits per heavy atom. The first-order chi connectivity index (χ1) is 12.6. The maximum Gasteiger partial charge on any atom is 0.325 e. The minimum Gasteiger partial charge on any atom is -0.497 e. The second kappa shape index (κ2) is 8.40. The Bertz CT molecular complexity index is 926. The fourth-order valence-electron chi connectivity index (χ4n) is 2.41. The zero-order valence-corrected chi connectivity index (χ0v) is 15.0. The number of imide groups is 1. The van der Waals surface area contributed by atoms with E-state index in [1.54, 1.807) is 31.4 Å². The van der Waals surface area contributed by atoms with E-state index in [2.05, 4.69) is 10.6 Å². The van der Waals surface area contributed by atoms with Crippen molar-refractivity contribution in [2.45, 2.75) is 4.90 Å². The standard InChI is InChI=1S/C20H18N2O3S/c1-25-17-9-7-16(8-10-17)21-20(24)22-19(23)13-26-18-11-6-14-4-2-3-5-15(14)12-18/h2-12H,13H2,1H3,(H2,21,22,23,24). The number of carbonyl (C=O) groups excluding carboxylic acids is 2. The summed E-state index contributed by atoms with van der Waals surface area (Å²) in [5, 5.41) is 7.21. The smallest absolute Gasteiger partial charge is 0.325 e. The lowest BCUT2D eigenvalue weighted by Crippen LogP contribution is -2.35. The van der Waals surface area contributed by atoms with Crippen LogP contribution < -0.4 is 15.4 Å². The van der Waals surface area contributed by atoms with Gasteiger partial charge in [-0.05, 0) is 47.2 Å². The van der Waals surface area contributed by atoms with Gasteiger partial charge < -0.3 is 10.1 Å². The molecule has 0 saturated carbocycles. The van der Waals surface area contributed by atoms with Crippen molar-refractivity contribution in [1.29, 1.82) is 0 Å². The van der Waals surface area contributed by atoms with Gasteiger partial charge in [-0.25, -0.2) is 4.79 Å². The number of anilines is 1. The summed E-state index contributed by atoms with van der Waals surface area (Å²) in [4.78, 5) is 24.8. The highest BCUT2D eigenvalue weighted by atomic mass is 32.2. The third-order valence-electron chi connectivity index (χ3n) is 3.69. The van der Waals surface area contributed by atoms with Gasteiger partial charge in [0.05, 0.1) is 12.9 Å². The van der Waals surface area contributed by atoms with Gasteiger partial charge in [0.15, 0.2) is 0 Å². The molecule has 0 bridgehead atoms. The molecular weight excluding hydrogens is 348 g/mol. The normalized spacial score (nSPS) is 10.3. The molecule has 0 saturated heterocycles. The Balaban J connectivity index is 1.50. The van der Waals surface area contributed by atoms with Crippen LogP contribution in [-0.2, 0) is 4.79 Å². The van der Waals surface area contributed by atoms with Gasteiger partial charge in [0.2, 0.25) is 5.91 Å². The summed E-state index contributed by atoms with van der Waals surface area (Å²) < 4.78 is 5.05. The molecule has 5 nitrogen and oxygen atoms in total. The van der Waals surface area contributed by atoms with Gasteiger partial charge >= 0.3 is 6.03 Å². The Kier molecular flexibility index (Phi) is 5.76. The molecule has 0 unspecified atom stereocenters. The average Bonchev–Trinajstić information content (AvgIpc) is 2.66. The van der Waals surface area contributed by atoms with E-state index in [0.29, 0.717) is 11.4 Å². The largest absolute Gasteiger partial charge is 0.497 e. The average molecular weight is 366 g/mol. The van der Waals surface area contributed by atoms with E-state index in [0.717, 1.165) is 15.7 Å². The van der Waals surface area contributed by atoms with Crippen molar-refractivity contribution in [3.05, 3.63) is 66.7 Å². The molecule has 0 aromatic heterocycles. The molecule has 0 aliphatic heterocycles. The number of nitrogens with one attached hydrogen (secondary N) is 2. The number of amides is 3. The van der Waals surface area contributed by atoms with Gasteiger partial charge in [-0.3, -0.25) is 10.1 Å². The Morgan fingerprint density at radius 2 is 1.69 bits per heavy atom. The highest BCUT2D eigenvalue weighted by molar-refractivity contribution is 8.00. The highest BCUT2D eigenvalue weighted by Crippen LogP contribution is 2.23. The van der Waals surface area contributed by atoms with Gasteiger partial charge in [0.25, 0.3) is 0 Å². The quantitative estimate of drug-likeness (QED) is 0.661. The van der Waals surface area contributed by atoms with E-state index in [1.165, 1.54) is 11.8 Å². The maximum absolute atomic E-state index is 12.0. The lowest BCUT2D eigenvalue weighted by molar-refractivity contribution is -0.117. The maximum atomic E-state index is 12.0. The van der Waals surface area contributed by atoms with Crippen molar-refractivity contribution in [2.75, 3.05) is 18.2 Å². The number of fused-ring (bicyclic) bond motifs is 1. The van der Waals surface area contributed by atoms with E-state index in [4.69, 9.17) is 4.74 Å². The zero-order chi connectivity index (χ0) is 18.4. The summed E-state index contributed by atoms with van der Waals surface area (Å²) >= 11 is 1.39. The summed E-state index contributed by atoms with van der Waals surface area (Å²) in [7, 11) is 1.57. The molecule has 6 heteroatoms. The lowest BCUT2D eigenvalue weighted by atomic mass is 10.1. The summed E-state index contributed by atoms with van der Waals surface area (Å²) in [6, 6.07) is 20.4. The van der Waals surface area contributed by atoms with Crippen LogP contribution in [0.15, 0.2) is 71.6 Å². The third-order valence-corrected chi connectivity index (χ3v) is 4.69. The van der Waals surface area contributed by atoms with E-state index in [9.17, 15) is 9.59 Å². The fourth-order valence-corrected chi connectivity index (χ4v) is 3.15. The predicted molar refractivity (Wildman–Crippen MR) is 105 cm³/mol. The number of ether oxygens (including phenoxy) is 1. The second-order valence-electron chi connectivity index (χ2n) is 5.53. The Hall–Kier alpha value is -2.99. The van der Waals surface area contributed by atoms with E-state index in [1.807, 2.05) is 42.5 Å².